The summed E-state index contributed by atoms with van der Waals surface area (Å²) in [5, 5.41) is 18.9. The van der Waals surface area contributed by atoms with Crippen molar-refractivity contribution in [3.05, 3.63) is 73.5 Å². The zero-order valence-electron chi connectivity index (χ0n) is 20.0. The van der Waals surface area contributed by atoms with E-state index in [2.05, 4.69) is 36.1 Å². The summed E-state index contributed by atoms with van der Waals surface area (Å²) in [5.41, 5.74) is 2.90. The van der Waals surface area contributed by atoms with Crippen LogP contribution in [0.4, 0.5) is 16.2 Å². The Morgan fingerprint density at radius 1 is 1.03 bits per heavy atom. The molecule has 0 bridgehead atoms. The first-order valence-electron chi connectivity index (χ1n) is 11.8. The van der Waals surface area contributed by atoms with Gasteiger partial charge in [0, 0.05) is 72.4 Å². The maximum atomic E-state index is 14.0. The summed E-state index contributed by atoms with van der Waals surface area (Å²) in [6.07, 6.45) is 10.7. The Morgan fingerprint density at radius 3 is 2.62 bits per heavy atom. The van der Waals surface area contributed by atoms with Crippen LogP contribution < -0.4 is 9.80 Å². The van der Waals surface area contributed by atoms with Crippen molar-refractivity contribution in [2.24, 2.45) is 7.05 Å². The van der Waals surface area contributed by atoms with E-state index in [4.69, 9.17) is 0 Å². The van der Waals surface area contributed by atoms with Crippen LogP contribution >= 0.6 is 11.8 Å². The van der Waals surface area contributed by atoms with Crippen molar-refractivity contribution in [2.45, 2.75) is 15.8 Å². The zero-order chi connectivity index (χ0) is 25.4. The summed E-state index contributed by atoms with van der Waals surface area (Å²) in [5.74, 6) is 1.06. The fourth-order valence-electron chi connectivity index (χ4n) is 4.52. The lowest BCUT2D eigenvalue weighted by Gasteiger charge is -2.41. The van der Waals surface area contributed by atoms with Crippen LogP contribution in [0.25, 0.3) is 16.6 Å². The Kier molecular flexibility index (Phi) is 6.18. The summed E-state index contributed by atoms with van der Waals surface area (Å²) >= 11 is 1.28. The predicted molar refractivity (Wildman–Crippen MR) is 138 cm³/mol. The van der Waals surface area contributed by atoms with Gasteiger partial charge >= 0.3 is 0 Å². The van der Waals surface area contributed by atoms with Crippen molar-refractivity contribution in [3.63, 3.8) is 0 Å². The van der Waals surface area contributed by atoms with Gasteiger partial charge in [-0.15, -0.1) is 0 Å². The van der Waals surface area contributed by atoms with Gasteiger partial charge in [0.05, 0.1) is 18.8 Å². The zero-order valence-corrected chi connectivity index (χ0v) is 20.8. The molecule has 0 amide bonds. The number of halogens is 1. The lowest BCUT2D eigenvalue weighted by Crippen LogP contribution is -2.55. The lowest BCUT2D eigenvalue weighted by atomic mass is 10.1. The highest BCUT2D eigenvalue weighted by Gasteiger charge is 2.30. The van der Waals surface area contributed by atoms with E-state index in [1.54, 1.807) is 41.6 Å². The van der Waals surface area contributed by atoms with E-state index >= 15 is 0 Å². The second kappa shape index (κ2) is 9.79. The summed E-state index contributed by atoms with van der Waals surface area (Å²) in [6.45, 7) is 1.77. The molecule has 0 aliphatic carbocycles. The van der Waals surface area contributed by atoms with Crippen LogP contribution in [0.3, 0.4) is 0 Å². The molecular formula is C25H24FN9OS. The third-order valence-electron chi connectivity index (χ3n) is 6.35. The molecule has 5 heterocycles. The molecule has 12 heteroatoms. The molecule has 1 aromatic carbocycles. The molecule has 4 aromatic heterocycles. The third kappa shape index (κ3) is 4.60. The normalized spacial score (nSPS) is 16.0. The van der Waals surface area contributed by atoms with E-state index in [9.17, 15) is 9.50 Å². The predicted octanol–water partition coefficient (Wildman–Crippen LogP) is 2.90. The van der Waals surface area contributed by atoms with E-state index in [1.165, 1.54) is 17.8 Å². The van der Waals surface area contributed by atoms with E-state index in [1.807, 2.05) is 35.1 Å². The molecule has 1 N–H and O–H groups in total. The second-order valence-electron chi connectivity index (χ2n) is 8.77. The number of aliphatic hydroxyl groups is 1. The number of aromatic nitrogens is 7. The van der Waals surface area contributed by atoms with Gasteiger partial charge in [-0.05, 0) is 18.2 Å². The topological polar surface area (TPSA) is 100 Å². The highest BCUT2D eigenvalue weighted by atomic mass is 32.2. The average Bonchev–Trinajstić information content (AvgIpc) is 3.56. The van der Waals surface area contributed by atoms with Gasteiger partial charge in [-0.1, -0.05) is 23.9 Å². The number of hydrogen-bond acceptors (Lipinski definition) is 9. The fourth-order valence-corrected chi connectivity index (χ4v) is 5.30. The average molecular weight is 518 g/mol. The minimum atomic E-state index is -0.276. The van der Waals surface area contributed by atoms with Crippen molar-refractivity contribution < 1.29 is 9.50 Å². The number of piperazine rings is 1. The molecule has 0 spiro atoms. The Bertz CT molecular complexity index is 1540. The first-order chi connectivity index (χ1) is 18.1. The highest BCUT2D eigenvalue weighted by molar-refractivity contribution is 7.99. The number of aryl methyl sites for hydroxylation is 1. The smallest absolute Gasteiger partial charge is 0.225 e. The van der Waals surface area contributed by atoms with Crippen LogP contribution in [-0.4, -0.2) is 71.7 Å². The molecule has 1 fully saturated rings. The molecule has 5 aromatic rings. The van der Waals surface area contributed by atoms with Gasteiger partial charge in [0.25, 0.3) is 0 Å². The first kappa shape index (κ1) is 23.4. The molecule has 10 nitrogen and oxygen atoms in total. The Balaban J connectivity index is 1.20. The number of rotatable bonds is 6. The maximum absolute atomic E-state index is 14.0. The van der Waals surface area contributed by atoms with Gasteiger partial charge in [0.15, 0.2) is 5.82 Å². The van der Waals surface area contributed by atoms with Gasteiger partial charge in [-0.3, -0.25) is 4.68 Å². The minimum Gasteiger partial charge on any atom is -0.394 e. The van der Waals surface area contributed by atoms with Crippen LogP contribution in [0, 0.1) is 5.82 Å². The van der Waals surface area contributed by atoms with Crippen LogP contribution in [-0.2, 0) is 7.05 Å². The van der Waals surface area contributed by atoms with Crippen LogP contribution in [0.1, 0.15) is 0 Å². The van der Waals surface area contributed by atoms with E-state index in [0.29, 0.717) is 30.5 Å². The molecule has 188 valence electrons. The van der Waals surface area contributed by atoms with Crippen LogP contribution in [0.2, 0.25) is 0 Å². The van der Waals surface area contributed by atoms with E-state index in [0.717, 1.165) is 27.4 Å². The Labute approximate surface area is 216 Å². The molecule has 0 saturated carbocycles. The molecule has 1 atom stereocenters. The first-order valence-corrected chi connectivity index (χ1v) is 12.6. The van der Waals surface area contributed by atoms with Crippen LogP contribution in [0.5, 0.6) is 0 Å². The SMILES string of the molecule is Cn1cc(-c2cc3c(N4CCN(c5ncc(Sc6ccccc6F)cn5)[C@H](CO)C4)ncnn3c2)cn1. The molecule has 37 heavy (non-hydrogen) atoms. The standard InChI is InChI=1S/C25H24FN9OS/c1-32-12-18(9-30-32)17-8-22-24(29-16-31-35(22)13-17)33-6-7-34(19(14-33)15-36)25-27-10-20(11-28-25)37-23-5-3-2-4-21(23)26/h2-5,8-13,16,19,36H,6-7,14-15H2,1H3/t19-/m0/s1. The Morgan fingerprint density at radius 2 is 1.86 bits per heavy atom. The summed E-state index contributed by atoms with van der Waals surface area (Å²) in [7, 11) is 1.89. The van der Waals surface area contributed by atoms with E-state index < -0.39 is 0 Å². The van der Waals surface area contributed by atoms with Gasteiger partial charge < -0.3 is 14.9 Å². The fraction of sp³-hybridized carbons (Fsp3) is 0.240. The van der Waals surface area contributed by atoms with E-state index in [-0.39, 0.29) is 18.5 Å². The largest absolute Gasteiger partial charge is 0.394 e. The summed E-state index contributed by atoms with van der Waals surface area (Å²) in [6, 6.07) is 8.45. The molecule has 0 radical (unpaired) electrons. The quantitative estimate of drug-likeness (QED) is 0.364. The molecule has 1 saturated heterocycles. The van der Waals surface area contributed by atoms with Crippen molar-refractivity contribution in [1.82, 2.24) is 34.3 Å². The highest BCUT2D eigenvalue weighted by Crippen LogP contribution is 2.31. The van der Waals surface area contributed by atoms with Gasteiger partial charge in [-0.2, -0.15) is 10.2 Å². The monoisotopic (exact) mass is 517 g/mol. The minimum absolute atomic E-state index is 0.0606. The molecule has 1 aliphatic heterocycles. The number of hydrogen-bond donors (Lipinski definition) is 1. The van der Waals surface area contributed by atoms with Crippen molar-refractivity contribution >= 4 is 29.0 Å². The number of aliphatic hydroxyl groups excluding tert-OH is 1. The van der Waals surface area contributed by atoms with Crippen molar-refractivity contribution in [3.8, 4) is 11.1 Å². The summed E-state index contributed by atoms with van der Waals surface area (Å²) < 4.78 is 17.6. The number of benzene rings is 1. The molecule has 1 aliphatic rings. The second-order valence-corrected chi connectivity index (χ2v) is 9.89. The van der Waals surface area contributed by atoms with Crippen molar-refractivity contribution in [2.75, 3.05) is 36.0 Å². The maximum Gasteiger partial charge on any atom is 0.225 e. The summed E-state index contributed by atoms with van der Waals surface area (Å²) in [4.78, 5) is 19.0. The van der Waals surface area contributed by atoms with Gasteiger partial charge in [0.2, 0.25) is 5.95 Å². The molecular weight excluding hydrogens is 493 g/mol. The molecule has 0 unspecified atom stereocenters. The number of fused-ring (bicyclic) bond motifs is 1. The van der Waals surface area contributed by atoms with Gasteiger partial charge in [0.1, 0.15) is 17.7 Å². The van der Waals surface area contributed by atoms with Crippen molar-refractivity contribution in [1.29, 1.82) is 0 Å². The lowest BCUT2D eigenvalue weighted by molar-refractivity contribution is 0.252. The number of nitrogens with zero attached hydrogens (tertiary/aromatic N) is 9. The number of anilines is 2. The molecule has 6 rings (SSSR count). The third-order valence-corrected chi connectivity index (χ3v) is 7.35. The Hall–Kier alpha value is -4.03. The van der Waals surface area contributed by atoms with Gasteiger partial charge in [-0.25, -0.2) is 23.9 Å². The van der Waals surface area contributed by atoms with Crippen LogP contribution in [0.15, 0.2) is 77.4 Å².